The zero-order chi connectivity index (χ0) is 16.1. The van der Waals surface area contributed by atoms with E-state index in [9.17, 15) is 23.6 Å². The van der Waals surface area contributed by atoms with Crippen molar-refractivity contribution in [3.05, 3.63) is 39.9 Å². The van der Waals surface area contributed by atoms with Crippen LogP contribution in [0.1, 0.15) is 12.5 Å². The van der Waals surface area contributed by atoms with Crippen molar-refractivity contribution >= 4 is 27.5 Å². The summed E-state index contributed by atoms with van der Waals surface area (Å²) in [5.41, 5.74) is -0.772. The molecule has 0 saturated heterocycles. The van der Waals surface area contributed by atoms with E-state index < -0.39 is 20.5 Å². The van der Waals surface area contributed by atoms with Crippen molar-refractivity contribution in [2.45, 2.75) is 18.3 Å². The molecule has 0 aliphatic rings. The van der Waals surface area contributed by atoms with Crippen molar-refractivity contribution in [2.24, 2.45) is 0 Å². The Morgan fingerprint density at radius 3 is 2.43 bits per heavy atom. The molecule has 0 saturated carbocycles. The van der Waals surface area contributed by atoms with Gasteiger partial charge in [-0.05, 0) is 18.7 Å². The average molecular weight is 334 g/mol. The molecular formula is C12H18N2O5S2. The van der Waals surface area contributed by atoms with Crippen LogP contribution in [0.15, 0.2) is 24.3 Å². The number of nitrogens with zero attached hydrogens (tertiary/aromatic N) is 1. The molecule has 7 nitrogen and oxygen atoms in total. The van der Waals surface area contributed by atoms with Gasteiger partial charge in [0.1, 0.15) is 0 Å². The number of sulfonamides is 1. The topological polar surface area (TPSA) is 110 Å². The summed E-state index contributed by atoms with van der Waals surface area (Å²) in [4.78, 5) is 9.97. The molecule has 1 atom stereocenters. The highest BCUT2D eigenvalue weighted by Crippen LogP contribution is 2.14. The first-order valence-electron chi connectivity index (χ1n) is 6.07. The smallest absolute Gasteiger partial charge is 0.269 e. The van der Waals surface area contributed by atoms with Crippen LogP contribution in [0.2, 0.25) is 0 Å². The number of benzene rings is 1. The third-order valence-corrected chi connectivity index (χ3v) is 4.84. The van der Waals surface area contributed by atoms with Gasteiger partial charge >= 0.3 is 0 Å². The van der Waals surface area contributed by atoms with Gasteiger partial charge in [0.15, 0.2) is 0 Å². The van der Waals surface area contributed by atoms with Crippen LogP contribution < -0.4 is 4.72 Å². The van der Waals surface area contributed by atoms with Gasteiger partial charge in [0.2, 0.25) is 10.0 Å². The molecule has 0 spiro atoms. The Bertz CT molecular complexity index is 584. The number of nitro benzene ring substituents is 1. The number of nitro groups is 1. The second-order valence-electron chi connectivity index (χ2n) is 4.93. The molecule has 1 unspecified atom stereocenters. The van der Waals surface area contributed by atoms with E-state index in [4.69, 9.17) is 0 Å². The van der Waals surface area contributed by atoms with Crippen LogP contribution in [0.25, 0.3) is 0 Å². The third-order valence-electron chi connectivity index (χ3n) is 2.63. The van der Waals surface area contributed by atoms with Crippen molar-refractivity contribution in [2.75, 3.05) is 18.6 Å². The molecule has 118 valence electrons. The van der Waals surface area contributed by atoms with Crippen LogP contribution in [0.3, 0.4) is 0 Å². The Hall–Kier alpha value is -1.16. The number of rotatable bonds is 8. The zero-order valence-electron chi connectivity index (χ0n) is 11.8. The molecule has 0 aliphatic carbocycles. The van der Waals surface area contributed by atoms with Crippen LogP contribution in [0.4, 0.5) is 5.69 Å². The molecule has 0 amide bonds. The second-order valence-corrected chi connectivity index (χ2v) is 7.61. The minimum Gasteiger partial charge on any atom is -0.388 e. The SMILES string of the molecule is CSCC(C)(O)CNS(=O)(=O)Cc1ccc([N+](=O)[O-])cc1. The molecule has 1 rings (SSSR count). The molecule has 0 heterocycles. The first kappa shape index (κ1) is 17.9. The summed E-state index contributed by atoms with van der Waals surface area (Å²) in [6.45, 7) is 1.47. The van der Waals surface area contributed by atoms with Gasteiger partial charge < -0.3 is 5.11 Å². The van der Waals surface area contributed by atoms with E-state index in [1.54, 1.807) is 6.92 Å². The summed E-state index contributed by atoms with van der Waals surface area (Å²) in [5, 5.41) is 20.4. The highest BCUT2D eigenvalue weighted by Gasteiger charge is 2.23. The van der Waals surface area contributed by atoms with Gasteiger partial charge in [-0.3, -0.25) is 10.1 Å². The number of aliphatic hydroxyl groups is 1. The largest absolute Gasteiger partial charge is 0.388 e. The van der Waals surface area contributed by atoms with E-state index in [1.807, 2.05) is 6.26 Å². The molecule has 21 heavy (non-hydrogen) atoms. The molecule has 2 N–H and O–H groups in total. The number of thioether (sulfide) groups is 1. The maximum absolute atomic E-state index is 11.9. The van der Waals surface area contributed by atoms with Crippen molar-refractivity contribution in [1.29, 1.82) is 0 Å². The van der Waals surface area contributed by atoms with E-state index in [-0.39, 0.29) is 18.0 Å². The summed E-state index contributed by atoms with van der Waals surface area (Å²) in [5.74, 6) is 0.118. The Labute approximate surface area is 128 Å². The quantitative estimate of drug-likeness (QED) is 0.545. The van der Waals surface area contributed by atoms with Gasteiger partial charge in [-0.2, -0.15) is 11.8 Å². The van der Waals surface area contributed by atoms with Crippen LogP contribution in [-0.2, 0) is 15.8 Å². The van der Waals surface area contributed by atoms with E-state index in [2.05, 4.69) is 4.72 Å². The Kier molecular flexibility index (Phi) is 6.14. The summed E-state index contributed by atoms with van der Waals surface area (Å²) in [6.07, 6.45) is 1.82. The molecule has 0 aromatic heterocycles. The van der Waals surface area contributed by atoms with Crippen LogP contribution >= 0.6 is 11.8 Å². The summed E-state index contributed by atoms with van der Waals surface area (Å²) in [6, 6.07) is 5.32. The highest BCUT2D eigenvalue weighted by atomic mass is 32.2. The van der Waals surface area contributed by atoms with Crippen LogP contribution in [-0.4, -0.2) is 42.6 Å². The average Bonchev–Trinajstić information content (AvgIpc) is 2.37. The lowest BCUT2D eigenvalue weighted by Crippen LogP contribution is -2.42. The predicted molar refractivity (Wildman–Crippen MR) is 82.7 cm³/mol. The van der Waals surface area contributed by atoms with Gasteiger partial charge in [-0.25, -0.2) is 13.1 Å². The first-order valence-corrected chi connectivity index (χ1v) is 9.12. The highest BCUT2D eigenvalue weighted by molar-refractivity contribution is 7.98. The Morgan fingerprint density at radius 2 is 1.95 bits per heavy atom. The number of hydrogen-bond donors (Lipinski definition) is 2. The van der Waals surface area contributed by atoms with E-state index in [0.717, 1.165) is 0 Å². The minimum atomic E-state index is -3.61. The Morgan fingerprint density at radius 1 is 1.38 bits per heavy atom. The zero-order valence-corrected chi connectivity index (χ0v) is 13.4. The van der Waals surface area contributed by atoms with Gasteiger partial charge in [-0.15, -0.1) is 0 Å². The molecule has 0 fully saturated rings. The molecule has 1 aromatic carbocycles. The van der Waals surface area contributed by atoms with Crippen LogP contribution in [0, 0.1) is 10.1 Å². The summed E-state index contributed by atoms with van der Waals surface area (Å²) in [7, 11) is -3.61. The van der Waals surface area contributed by atoms with Gasteiger partial charge in [0.25, 0.3) is 5.69 Å². The van der Waals surface area contributed by atoms with E-state index in [1.165, 1.54) is 36.0 Å². The van der Waals surface area contributed by atoms with E-state index in [0.29, 0.717) is 11.3 Å². The molecule has 0 radical (unpaired) electrons. The van der Waals surface area contributed by atoms with Crippen molar-refractivity contribution in [3.63, 3.8) is 0 Å². The van der Waals surface area contributed by atoms with Crippen LogP contribution in [0.5, 0.6) is 0 Å². The lowest BCUT2D eigenvalue weighted by Gasteiger charge is -2.22. The lowest BCUT2D eigenvalue weighted by atomic mass is 10.1. The second kappa shape index (κ2) is 7.21. The molecule has 9 heteroatoms. The standard InChI is InChI=1S/C12H18N2O5S2/c1-12(15,9-20-2)8-13-21(18,19)7-10-3-5-11(6-4-10)14(16)17/h3-6,13,15H,7-9H2,1-2H3. The summed E-state index contributed by atoms with van der Waals surface area (Å²) >= 11 is 1.42. The predicted octanol–water partition coefficient (Wildman–Crippen LogP) is 1.13. The maximum Gasteiger partial charge on any atom is 0.269 e. The first-order chi connectivity index (χ1) is 9.65. The fraction of sp³-hybridized carbons (Fsp3) is 0.500. The van der Waals surface area contributed by atoms with E-state index >= 15 is 0 Å². The van der Waals surface area contributed by atoms with Crippen molar-refractivity contribution < 1.29 is 18.4 Å². The molecular weight excluding hydrogens is 316 g/mol. The molecule has 1 aromatic rings. The fourth-order valence-electron chi connectivity index (χ4n) is 1.61. The number of non-ortho nitro benzene ring substituents is 1. The van der Waals surface area contributed by atoms with Crippen molar-refractivity contribution in [3.8, 4) is 0 Å². The molecule has 0 aliphatic heterocycles. The van der Waals surface area contributed by atoms with Crippen molar-refractivity contribution in [1.82, 2.24) is 4.72 Å². The molecule has 0 bridgehead atoms. The fourth-order valence-corrected chi connectivity index (χ4v) is 3.60. The number of nitrogens with one attached hydrogen (secondary N) is 1. The summed E-state index contributed by atoms with van der Waals surface area (Å²) < 4.78 is 26.2. The monoisotopic (exact) mass is 334 g/mol. The maximum atomic E-state index is 11.9. The van der Waals surface area contributed by atoms with Gasteiger partial charge in [0.05, 0.1) is 16.3 Å². The number of hydrogen-bond acceptors (Lipinski definition) is 6. The van der Waals surface area contributed by atoms with Gasteiger partial charge in [0, 0.05) is 24.4 Å². The third kappa shape index (κ3) is 6.42. The Balaban J connectivity index is 2.66. The van der Waals surface area contributed by atoms with Gasteiger partial charge in [-0.1, -0.05) is 12.1 Å². The lowest BCUT2D eigenvalue weighted by molar-refractivity contribution is -0.384. The normalized spacial score (nSPS) is 14.6. The minimum absolute atomic E-state index is 0.0802.